The van der Waals surface area contributed by atoms with Crippen molar-refractivity contribution in [3.8, 4) is 0 Å². The summed E-state index contributed by atoms with van der Waals surface area (Å²) in [5, 5.41) is 4.72. The number of benzene rings is 1. The van der Waals surface area contributed by atoms with Gasteiger partial charge in [-0.2, -0.15) is 0 Å². The van der Waals surface area contributed by atoms with Crippen molar-refractivity contribution in [3.63, 3.8) is 0 Å². The first kappa shape index (κ1) is 19.1. The number of anilines is 1. The zero-order valence-electron chi connectivity index (χ0n) is 15.7. The van der Waals surface area contributed by atoms with E-state index in [9.17, 15) is 0 Å². The quantitative estimate of drug-likeness (QED) is 0.582. The predicted octanol–water partition coefficient (Wildman–Crippen LogP) is 4.29. The lowest BCUT2D eigenvalue weighted by Crippen LogP contribution is -2.34. The van der Waals surface area contributed by atoms with E-state index in [0.717, 1.165) is 41.0 Å². The Morgan fingerprint density at radius 3 is 2.73 bits per heavy atom. The fourth-order valence-electron chi connectivity index (χ4n) is 2.84. The molecule has 1 atom stereocenters. The number of nitrogens with zero attached hydrogens (tertiary/aromatic N) is 4. The normalized spacial score (nSPS) is 12.5. The van der Waals surface area contributed by atoms with Crippen LogP contribution in [0.5, 0.6) is 0 Å². The van der Waals surface area contributed by atoms with Gasteiger partial charge in [-0.3, -0.25) is 0 Å². The number of hydrogen-bond acceptors (Lipinski definition) is 7. The number of likely N-dealkylation sites (N-methyl/N-ethyl adjacent to an activating group) is 1. The summed E-state index contributed by atoms with van der Waals surface area (Å²) in [6.07, 6.45) is 5.80. The van der Waals surface area contributed by atoms with Crippen LogP contribution in [0.15, 0.2) is 35.5 Å². The fourth-order valence-corrected chi connectivity index (χ4v) is 3.96. The molecular formula is C19H25N5S2. The Morgan fingerprint density at radius 1 is 1.27 bits per heavy atom. The van der Waals surface area contributed by atoms with Gasteiger partial charge < -0.3 is 10.2 Å². The van der Waals surface area contributed by atoms with Crippen LogP contribution in [0.1, 0.15) is 30.5 Å². The van der Waals surface area contributed by atoms with Crippen molar-refractivity contribution in [2.24, 2.45) is 0 Å². The van der Waals surface area contributed by atoms with Crippen LogP contribution < -0.4 is 10.2 Å². The van der Waals surface area contributed by atoms with Crippen molar-refractivity contribution in [3.05, 3.63) is 41.2 Å². The zero-order valence-corrected chi connectivity index (χ0v) is 17.3. The molecule has 7 heteroatoms. The van der Waals surface area contributed by atoms with Crippen LogP contribution in [0.2, 0.25) is 0 Å². The molecule has 138 valence electrons. The lowest BCUT2D eigenvalue weighted by atomic mass is 10.1. The Bertz CT molecular complexity index is 847. The van der Waals surface area contributed by atoms with E-state index in [2.05, 4.69) is 64.1 Å². The predicted molar refractivity (Wildman–Crippen MR) is 112 cm³/mol. The van der Waals surface area contributed by atoms with Crippen molar-refractivity contribution >= 4 is 39.3 Å². The molecular weight excluding hydrogens is 362 g/mol. The zero-order chi connectivity index (χ0) is 18.5. The van der Waals surface area contributed by atoms with Gasteiger partial charge in [-0.15, -0.1) is 23.1 Å². The molecule has 2 heterocycles. The number of aromatic nitrogens is 3. The van der Waals surface area contributed by atoms with E-state index in [0.29, 0.717) is 0 Å². The van der Waals surface area contributed by atoms with Crippen LogP contribution in [-0.2, 0) is 0 Å². The summed E-state index contributed by atoms with van der Waals surface area (Å²) in [6.45, 7) is 9.01. The monoisotopic (exact) mass is 387 g/mol. The molecule has 0 bridgehead atoms. The number of fused-ring (bicyclic) bond motifs is 1. The molecule has 0 fully saturated rings. The first-order valence-electron chi connectivity index (χ1n) is 8.82. The molecule has 1 N–H and O–H groups in total. The molecule has 5 nitrogen and oxygen atoms in total. The van der Waals surface area contributed by atoms with Gasteiger partial charge in [0.05, 0.1) is 15.2 Å². The van der Waals surface area contributed by atoms with Gasteiger partial charge in [0.15, 0.2) is 0 Å². The third-order valence-corrected chi connectivity index (χ3v) is 6.00. The number of hydrogen-bond donors (Lipinski definition) is 1. The topological polar surface area (TPSA) is 53.9 Å². The number of rotatable bonds is 8. The maximum Gasteiger partial charge on any atom is 0.225 e. The van der Waals surface area contributed by atoms with Crippen molar-refractivity contribution < 1.29 is 0 Å². The number of nitrogens with one attached hydrogen (secondary N) is 1. The Balaban J connectivity index is 1.57. The second kappa shape index (κ2) is 8.79. The molecule has 1 unspecified atom stereocenters. The summed E-state index contributed by atoms with van der Waals surface area (Å²) in [6, 6.07) is 6.84. The molecule has 26 heavy (non-hydrogen) atoms. The molecule has 0 saturated heterocycles. The third kappa shape index (κ3) is 4.52. The Morgan fingerprint density at radius 2 is 2.04 bits per heavy atom. The molecule has 3 rings (SSSR count). The van der Waals surface area contributed by atoms with Crippen molar-refractivity contribution in [1.82, 2.24) is 20.3 Å². The molecule has 0 aliphatic rings. The number of thiazole rings is 1. The van der Waals surface area contributed by atoms with Crippen LogP contribution in [-0.4, -0.2) is 40.8 Å². The van der Waals surface area contributed by atoms with Crippen molar-refractivity contribution in [1.29, 1.82) is 0 Å². The van der Waals surface area contributed by atoms with Gasteiger partial charge in [-0.1, -0.05) is 6.07 Å². The van der Waals surface area contributed by atoms with Gasteiger partial charge in [-0.25, -0.2) is 15.0 Å². The Labute approximate surface area is 163 Å². The standard InChI is InChI=1S/C19H25N5S2/c1-5-24(19-21-11-16(25-4)12-22-19)9-8-20-13(2)15-6-7-18-17(10-15)23-14(3)26-18/h6-7,10-13,20H,5,8-9H2,1-4H3. The van der Waals surface area contributed by atoms with Crippen molar-refractivity contribution in [2.45, 2.75) is 31.7 Å². The molecule has 0 aliphatic carbocycles. The van der Waals surface area contributed by atoms with E-state index in [4.69, 9.17) is 0 Å². The first-order chi connectivity index (χ1) is 12.6. The highest BCUT2D eigenvalue weighted by molar-refractivity contribution is 7.98. The van der Waals surface area contributed by atoms with Crippen molar-refractivity contribution in [2.75, 3.05) is 30.8 Å². The first-order valence-corrected chi connectivity index (χ1v) is 10.9. The minimum absolute atomic E-state index is 0.278. The van der Waals surface area contributed by atoms with Gasteiger partial charge in [0.2, 0.25) is 5.95 Å². The van der Waals surface area contributed by atoms with E-state index < -0.39 is 0 Å². The highest BCUT2D eigenvalue weighted by atomic mass is 32.2. The van der Waals surface area contributed by atoms with E-state index in [1.54, 1.807) is 23.1 Å². The van der Waals surface area contributed by atoms with E-state index in [-0.39, 0.29) is 6.04 Å². The molecule has 1 aromatic carbocycles. The molecule has 0 spiro atoms. The lowest BCUT2D eigenvalue weighted by Gasteiger charge is -2.22. The fraction of sp³-hybridized carbons (Fsp3) is 0.421. The SMILES string of the molecule is CCN(CCNC(C)c1ccc2sc(C)nc2c1)c1ncc(SC)cn1. The number of aryl methyl sites for hydroxylation is 1. The van der Waals surface area contributed by atoms with Crippen LogP contribution in [0.3, 0.4) is 0 Å². The Kier molecular flexibility index (Phi) is 6.45. The molecule has 0 aliphatic heterocycles. The smallest absolute Gasteiger partial charge is 0.225 e. The van der Waals surface area contributed by atoms with Gasteiger partial charge in [0.25, 0.3) is 0 Å². The third-order valence-electron chi connectivity index (χ3n) is 4.37. The summed E-state index contributed by atoms with van der Waals surface area (Å²) >= 11 is 3.40. The van der Waals surface area contributed by atoms with E-state index in [1.807, 2.05) is 18.6 Å². The summed E-state index contributed by atoms with van der Waals surface area (Å²) < 4.78 is 1.25. The maximum absolute atomic E-state index is 4.60. The van der Waals surface area contributed by atoms with E-state index in [1.165, 1.54) is 10.3 Å². The summed E-state index contributed by atoms with van der Waals surface area (Å²) in [5.74, 6) is 0.791. The van der Waals surface area contributed by atoms with Crippen LogP contribution in [0.4, 0.5) is 5.95 Å². The van der Waals surface area contributed by atoms with Gasteiger partial charge in [0.1, 0.15) is 0 Å². The summed E-state index contributed by atoms with van der Waals surface area (Å²) in [5.41, 5.74) is 2.36. The van der Waals surface area contributed by atoms with Gasteiger partial charge >= 0.3 is 0 Å². The van der Waals surface area contributed by atoms with Crippen LogP contribution >= 0.6 is 23.1 Å². The summed E-state index contributed by atoms with van der Waals surface area (Å²) in [4.78, 5) is 16.8. The average molecular weight is 388 g/mol. The number of thioether (sulfide) groups is 1. The van der Waals surface area contributed by atoms with Crippen LogP contribution in [0, 0.1) is 6.92 Å². The van der Waals surface area contributed by atoms with Gasteiger partial charge in [0, 0.05) is 43.0 Å². The molecule has 0 saturated carbocycles. The summed E-state index contributed by atoms with van der Waals surface area (Å²) in [7, 11) is 0. The molecule has 2 aromatic heterocycles. The molecule has 3 aromatic rings. The Hall–Kier alpha value is -1.70. The van der Waals surface area contributed by atoms with Gasteiger partial charge in [-0.05, 0) is 44.7 Å². The average Bonchev–Trinajstić information content (AvgIpc) is 3.04. The molecule has 0 radical (unpaired) electrons. The van der Waals surface area contributed by atoms with Crippen LogP contribution in [0.25, 0.3) is 10.2 Å². The highest BCUT2D eigenvalue weighted by Crippen LogP contribution is 2.24. The maximum atomic E-state index is 4.60. The largest absolute Gasteiger partial charge is 0.340 e. The molecule has 0 amide bonds. The second-order valence-corrected chi connectivity index (χ2v) is 8.25. The minimum Gasteiger partial charge on any atom is -0.340 e. The second-order valence-electron chi connectivity index (χ2n) is 6.14. The van der Waals surface area contributed by atoms with E-state index >= 15 is 0 Å². The highest BCUT2D eigenvalue weighted by Gasteiger charge is 2.10. The minimum atomic E-state index is 0.278. The lowest BCUT2D eigenvalue weighted by molar-refractivity contribution is 0.568.